The van der Waals surface area contributed by atoms with Crippen molar-refractivity contribution in [2.45, 2.75) is 37.6 Å². The topological polar surface area (TPSA) is 106 Å². The maximum absolute atomic E-state index is 10.6. The number of anilines is 2. The lowest BCUT2D eigenvalue weighted by atomic mass is 9.95. The van der Waals surface area contributed by atoms with Gasteiger partial charge in [0, 0.05) is 37.2 Å². The summed E-state index contributed by atoms with van der Waals surface area (Å²) in [5, 5.41) is 21.4. The minimum atomic E-state index is -0.528. The van der Waals surface area contributed by atoms with Crippen molar-refractivity contribution in [2.75, 3.05) is 36.8 Å². The average Bonchev–Trinajstić information content (AvgIpc) is 3.12. The number of aromatic amines is 1. The van der Waals surface area contributed by atoms with Crippen LogP contribution in [0, 0.1) is 0 Å². The number of nitrogens with two attached hydrogens (primary N) is 1. The standard InChI is InChI=1S/C18H26ClN7O/c19-13-3-1-12(2-4-13)11-15-16(27)21-7-10-26(15)14-5-8-25(9-6-14)18-22-17(20)23-24-18/h1-4,14-16,21,27H,5-11H2,(H3,20,22,23,24)/t15-,16?/m0/s1. The summed E-state index contributed by atoms with van der Waals surface area (Å²) < 4.78 is 0. The third kappa shape index (κ3) is 4.19. The number of nitrogens with one attached hydrogen (secondary N) is 2. The van der Waals surface area contributed by atoms with Gasteiger partial charge in [0.1, 0.15) is 6.23 Å². The quantitative estimate of drug-likeness (QED) is 0.612. The van der Waals surface area contributed by atoms with E-state index in [1.807, 2.05) is 24.3 Å². The maximum Gasteiger partial charge on any atom is 0.246 e. The van der Waals surface area contributed by atoms with E-state index in [-0.39, 0.29) is 6.04 Å². The molecular formula is C18H26ClN7O. The number of hydrogen-bond donors (Lipinski definition) is 4. The third-order valence-corrected chi connectivity index (χ3v) is 5.83. The van der Waals surface area contributed by atoms with Crippen molar-refractivity contribution in [1.29, 1.82) is 0 Å². The van der Waals surface area contributed by atoms with Gasteiger partial charge in [-0.05, 0) is 37.0 Å². The van der Waals surface area contributed by atoms with Crippen molar-refractivity contribution in [1.82, 2.24) is 25.4 Å². The second-order valence-corrected chi connectivity index (χ2v) is 7.71. The van der Waals surface area contributed by atoms with Gasteiger partial charge in [-0.25, -0.2) is 5.10 Å². The zero-order valence-corrected chi connectivity index (χ0v) is 15.9. The number of piperazine rings is 1. The lowest BCUT2D eigenvalue weighted by molar-refractivity contribution is -0.0285. The van der Waals surface area contributed by atoms with E-state index in [1.165, 1.54) is 5.56 Å². The summed E-state index contributed by atoms with van der Waals surface area (Å²) in [5.74, 6) is 1.02. The molecule has 27 heavy (non-hydrogen) atoms. The van der Waals surface area contributed by atoms with E-state index >= 15 is 0 Å². The zero-order valence-electron chi connectivity index (χ0n) is 15.2. The first kappa shape index (κ1) is 18.5. The minimum Gasteiger partial charge on any atom is -0.377 e. The summed E-state index contributed by atoms with van der Waals surface area (Å²) in [6.45, 7) is 3.51. The Morgan fingerprint density at radius 1 is 1.19 bits per heavy atom. The summed E-state index contributed by atoms with van der Waals surface area (Å²) in [7, 11) is 0. The van der Waals surface area contributed by atoms with Crippen LogP contribution >= 0.6 is 11.6 Å². The molecule has 0 aliphatic carbocycles. The molecule has 8 nitrogen and oxygen atoms in total. The molecule has 1 aromatic heterocycles. The Morgan fingerprint density at radius 2 is 1.93 bits per heavy atom. The van der Waals surface area contributed by atoms with Crippen LogP contribution < -0.4 is 16.0 Å². The van der Waals surface area contributed by atoms with E-state index in [2.05, 4.69) is 30.3 Å². The number of hydrogen-bond acceptors (Lipinski definition) is 7. The van der Waals surface area contributed by atoms with Gasteiger partial charge in [-0.1, -0.05) is 23.7 Å². The lowest BCUT2D eigenvalue weighted by Crippen LogP contribution is -2.62. The van der Waals surface area contributed by atoms with Gasteiger partial charge in [0.25, 0.3) is 0 Å². The Balaban J connectivity index is 1.42. The number of aromatic nitrogens is 3. The zero-order chi connectivity index (χ0) is 18.8. The number of nitrogen functional groups attached to an aromatic ring is 1. The van der Waals surface area contributed by atoms with Crippen LogP contribution in [-0.4, -0.2) is 69.7 Å². The summed E-state index contributed by atoms with van der Waals surface area (Å²) in [5.41, 5.74) is 6.82. The molecule has 0 radical (unpaired) electrons. The Labute approximate surface area is 163 Å². The first-order valence-corrected chi connectivity index (χ1v) is 9.82. The van der Waals surface area contributed by atoms with Gasteiger partial charge in [0.2, 0.25) is 11.9 Å². The number of aliphatic hydroxyl groups excluding tert-OH is 1. The van der Waals surface area contributed by atoms with Crippen molar-refractivity contribution >= 4 is 23.5 Å². The molecule has 4 rings (SSSR count). The van der Waals surface area contributed by atoms with Gasteiger partial charge in [-0.15, -0.1) is 5.10 Å². The molecule has 3 heterocycles. The van der Waals surface area contributed by atoms with Gasteiger partial charge < -0.3 is 15.7 Å². The molecular weight excluding hydrogens is 366 g/mol. The van der Waals surface area contributed by atoms with Crippen LogP contribution in [0.4, 0.5) is 11.9 Å². The smallest absolute Gasteiger partial charge is 0.246 e. The predicted molar refractivity (Wildman–Crippen MR) is 106 cm³/mol. The minimum absolute atomic E-state index is 0.0515. The SMILES string of the molecule is Nc1nc(N2CCC(N3CCNC(O)[C@@H]3Cc3ccc(Cl)cc3)CC2)n[nH]1. The molecule has 0 bridgehead atoms. The largest absolute Gasteiger partial charge is 0.377 e. The maximum atomic E-state index is 10.6. The number of H-pyrrole nitrogens is 1. The van der Waals surface area contributed by atoms with Crippen LogP contribution in [0.3, 0.4) is 0 Å². The molecule has 146 valence electrons. The summed E-state index contributed by atoms with van der Waals surface area (Å²) in [4.78, 5) is 8.86. The fourth-order valence-corrected chi connectivity index (χ4v) is 4.30. The molecule has 2 atom stereocenters. The molecule has 5 N–H and O–H groups in total. The van der Waals surface area contributed by atoms with Crippen LogP contribution in [0.15, 0.2) is 24.3 Å². The number of aliphatic hydroxyl groups is 1. The highest BCUT2D eigenvalue weighted by Crippen LogP contribution is 2.25. The summed E-state index contributed by atoms with van der Waals surface area (Å²) >= 11 is 6.00. The van der Waals surface area contributed by atoms with Gasteiger partial charge >= 0.3 is 0 Å². The Morgan fingerprint density at radius 3 is 2.59 bits per heavy atom. The second kappa shape index (κ2) is 8.02. The highest BCUT2D eigenvalue weighted by molar-refractivity contribution is 6.30. The van der Waals surface area contributed by atoms with E-state index in [4.69, 9.17) is 17.3 Å². The molecule has 0 saturated carbocycles. The van der Waals surface area contributed by atoms with E-state index in [0.717, 1.165) is 50.5 Å². The van der Waals surface area contributed by atoms with Crippen molar-refractivity contribution < 1.29 is 5.11 Å². The Bertz CT molecular complexity index is 744. The number of piperidine rings is 1. The number of halogens is 1. The van der Waals surface area contributed by atoms with Crippen LogP contribution in [-0.2, 0) is 6.42 Å². The number of benzene rings is 1. The van der Waals surface area contributed by atoms with Crippen LogP contribution in [0.1, 0.15) is 18.4 Å². The fourth-order valence-electron chi connectivity index (χ4n) is 4.17. The Kier molecular flexibility index (Phi) is 5.49. The Hall–Kier alpha value is -1.87. The van der Waals surface area contributed by atoms with Gasteiger partial charge in [-0.3, -0.25) is 10.2 Å². The normalized spacial score (nSPS) is 25.0. The fraction of sp³-hybridized carbons (Fsp3) is 0.556. The van der Waals surface area contributed by atoms with E-state index in [1.54, 1.807) is 0 Å². The molecule has 0 spiro atoms. The van der Waals surface area contributed by atoms with Crippen molar-refractivity contribution in [2.24, 2.45) is 0 Å². The van der Waals surface area contributed by atoms with Crippen molar-refractivity contribution in [3.05, 3.63) is 34.9 Å². The second-order valence-electron chi connectivity index (χ2n) is 7.27. The summed E-state index contributed by atoms with van der Waals surface area (Å²) in [6, 6.07) is 8.38. The lowest BCUT2D eigenvalue weighted by Gasteiger charge is -2.46. The molecule has 2 fully saturated rings. The van der Waals surface area contributed by atoms with Crippen molar-refractivity contribution in [3.63, 3.8) is 0 Å². The monoisotopic (exact) mass is 391 g/mol. The first-order chi connectivity index (χ1) is 13.1. The molecule has 9 heteroatoms. The van der Waals surface area contributed by atoms with Crippen LogP contribution in [0.2, 0.25) is 5.02 Å². The summed E-state index contributed by atoms with van der Waals surface area (Å²) in [6.07, 6.45) is 2.29. The van der Waals surface area contributed by atoms with Crippen LogP contribution in [0.5, 0.6) is 0 Å². The van der Waals surface area contributed by atoms with Crippen molar-refractivity contribution in [3.8, 4) is 0 Å². The third-order valence-electron chi connectivity index (χ3n) is 5.58. The average molecular weight is 392 g/mol. The van der Waals surface area contributed by atoms with Gasteiger partial charge in [0.15, 0.2) is 0 Å². The van der Waals surface area contributed by atoms with E-state index in [0.29, 0.717) is 17.9 Å². The molecule has 0 amide bonds. The first-order valence-electron chi connectivity index (χ1n) is 9.44. The molecule has 2 aliphatic heterocycles. The molecule has 1 unspecified atom stereocenters. The highest BCUT2D eigenvalue weighted by Gasteiger charge is 2.36. The van der Waals surface area contributed by atoms with E-state index < -0.39 is 6.23 Å². The van der Waals surface area contributed by atoms with Gasteiger partial charge in [0.05, 0.1) is 6.04 Å². The predicted octanol–water partition coefficient (Wildman–Crippen LogP) is 0.844. The number of rotatable bonds is 4. The molecule has 2 aliphatic rings. The highest BCUT2D eigenvalue weighted by atomic mass is 35.5. The molecule has 1 aromatic carbocycles. The van der Waals surface area contributed by atoms with Crippen LogP contribution in [0.25, 0.3) is 0 Å². The molecule has 2 aromatic rings. The van der Waals surface area contributed by atoms with Gasteiger partial charge in [-0.2, -0.15) is 4.98 Å². The molecule has 2 saturated heterocycles. The van der Waals surface area contributed by atoms with E-state index in [9.17, 15) is 5.11 Å². The number of nitrogens with zero attached hydrogens (tertiary/aromatic N) is 4.